The lowest BCUT2D eigenvalue weighted by atomic mass is 9.95. The first kappa shape index (κ1) is 15.6. The van der Waals surface area contributed by atoms with Crippen LogP contribution in [0.3, 0.4) is 0 Å². The van der Waals surface area contributed by atoms with Gasteiger partial charge in [-0.3, -0.25) is 9.13 Å². The zero-order valence-electron chi connectivity index (χ0n) is 10.4. The van der Waals surface area contributed by atoms with Crippen LogP contribution in [0, 0.1) is 0 Å². The molecule has 2 rings (SSSR count). The summed E-state index contributed by atoms with van der Waals surface area (Å²) in [5.41, 5.74) is 0.0618. The number of hydrogen-bond acceptors (Lipinski definition) is 3. The Hall–Kier alpha value is -0.780. The number of aliphatic hydroxyl groups is 1. The van der Waals surface area contributed by atoms with Gasteiger partial charge in [-0.25, -0.2) is 0 Å². The van der Waals surface area contributed by atoms with Crippen molar-refractivity contribution in [1.29, 1.82) is 0 Å². The van der Waals surface area contributed by atoms with Gasteiger partial charge >= 0.3 is 15.2 Å². The lowest BCUT2D eigenvalue weighted by Gasteiger charge is -2.32. The Kier molecular flexibility index (Phi) is 3.60. The molecule has 0 bridgehead atoms. The Morgan fingerprint density at radius 2 is 1.75 bits per heavy atom. The highest BCUT2D eigenvalue weighted by Crippen LogP contribution is 2.63. The summed E-state index contributed by atoms with van der Waals surface area (Å²) in [4.78, 5) is 37.7. The van der Waals surface area contributed by atoms with Gasteiger partial charge in [-0.05, 0) is 24.1 Å². The molecule has 0 heterocycles. The van der Waals surface area contributed by atoms with Crippen molar-refractivity contribution < 1.29 is 33.8 Å². The smallest absolute Gasteiger partial charge is 0.356 e. The minimum Gasteiger partial charge on any atom is -0.391 e. The molecule has 0 fully saturated rings. The maximum Gasteiger partial charge on any atom is 0.356 e. The van der Waals surface area contributed by atoms with Crippen LogP contribution in [-0.4, -0.2) is 30.8 Å². The van der Waals surface area contributed by atoms with E-state index >= 15 is 0 Å². The van der Waals surface area contributed by atoms with Crippen LogP contribution in [-0.2, 0) is 14.3 Å². The van der Waals surface area contributed by atoms with E-state index in [2.05, 4.69) is 0 Å². The average molecular weight is 320 g/mol. The molecule has 5 N–H and O–H groups in total. The summed E-state index contributed by atoms with van der Waals surface area (Å²) < 4.78 is 23.2. The predicted molar refractivity (Wildman–Crippen MR) is 72.6 cm³/mol. The first-order valence-corrected chi connectivity index (χ1v) is 8.87. The third kappa shape index (κ3) is 2.12. The summed E-state index contributed by atoms with van der Waals surface area (Å²) in [6, 6.07) is 3.84. The Morgan fingerprint density at radius 3 is 2.20 bits per heavy atom. The van der Waals surface area contributed by atoms with Crippen LogP contribution in [0.1, 0.15) is 18.1 Å². The highest BCUT2D eigenvalue weighted by molar-refractivity contribution is 7.60. The zero-order chi connectivity index (χ0) is 15.3. The van der Waals surface area contributed by atoms with Gasteiger partial charge in [0.05, 0.1) is 11.4 Å². The molecular formula is C11H14O7P2. The van der Waals surface area contributed by atoms with Crippen molar-refractivity contribution >= 4 is 26.6 Å². The molecule has 1 aromatic rings. The molecule has 110 valence electrons. The second-order valence-corrected chi connectivity index (χ2v) is 8.06. The number of rotatable bonds is 3. The Labute approximate surface area is 114 Å². The molecule has 7 nitrogen and oxygen atoms in total. The SMILES string of the molecule is CC(O)C1(P(=O)(O)O)C=Cc2c1cccc2P(=O)(O)O. The monoisotopic (exact) mass is 320 g/mol. The first-order chi connectivity index (χ1) is 9.02. The van der Waals surface area contributed by atoms with E-state index in [0.29, 0.717) is 0 Å². The van der Waals surface area contributed by atoms with E-state index in [0.717, 1.165) is 6.08 Å². The molecule has 0 saturated carbocycles. The molecule has 2 atom stereocenters. The maximum absolute atomic E-state index is 11.8. The molecule has 1 aliphatic rings. The third-order valence-electron chi connectivity index (χ3n) is 3.45. The number of hydrogen-bond donors (Lipinski definition) is 5. The topological polar surface area (TPSA) is 135 Å². The average Bonchev–Trinajstić information content (AvgIpc) is 2.66. The lowest BCUT2D eigenvalue weighted by molar-refractivity contribution is 0.146. The van der Waals surface area contributed by atoms with Crippen LogP contribution in [0.2, 0.25) is 0 Å². The molecule has 1 aliphatic carbocycles. The third-order valence-corrected chi connectivity index (χ3v) is 6.20. The summed E-state index contributed by atoms with van der Waals surface area (Å²) in [5.74, 6) is 0. The van der Waals surface area contributed by atoms with Crippen LogP contribution in [0.15, 0.2) is 24.3 Å². The van der Waals surface area contributed by atoms with Crippen molar-refractivity contribution in [3.8, 4) is 0 Å². The molecule has 2 unspecified atom stereocenters. The van der Waals surface area contributed by atoms with Gasteiger partial charge < -0.3 is 24.7 Å². The predicted octanol–water partition coefficient (Wildman–Crippen LogP) is 0.270. The fraction of sp³-hybridized carbons (Fsp3) is 0.273. The van der Waals surface area contributed by atoms with Gasteiger partial charge in [0.2, 0.25) is 0 Å². The molecule has 0 saturated heterocycles. The van der Waals surface area contributed by atoms with Crippen LogP contribution in [0.4, 0.5) is 0 Å². The normalized spacial score (nSPS) is 23.7. The first-order valence-electron chi connectivity index (χ1n) is 5.64. The van der Waals surface area contributed by atoms with E-state index in [4.69, 9.17) is 0 Å². The molecule has 20 heavy (non-hydrogen) atoms. The summed E-state index contributed by atoms with van der Waals surface area (Å²) in [6.07, 6.45) is 0.922. The van der Waals surface area contributed by atoms with Crippen LogP contribution in [0.5, 0.6) is 0 Å². The minimum absolute atomic E-state index is 0.0154. The number of aliphatic hydroxyl groups excluding tert-OH is 1. The molecule has 0 aliphatic heterocycles. The molecule has 1 aromatic carbocycles. The van der Waals surface area contributed by atoms with Gasteiger partial charge in [0.1, 0.15) is 5.16 Å². The van der Waals surface area contributed by atoms with Gasteiger partial charge in [-0.1, -0.05) is 24.3 Å². The van der Waals surface area contributed by atoms with Gasteiger partial charge in [0.25, 0.3) is 0 Å². The number of fused-ring (bicyclic) bond motifs is 1. The molecule has 0 radical (unpaired) electrons. The summed E-state index contributed by atoms with van der Waals surface area (Å²) in [6.45, 7) is 1.22. The minimum atomic E-state index is -4.79. The van der Waals surface area contributed by atoms with E-state index in [1.807, 2.05) is 0 Å². The van der Waals surface area contributed by atoms with Gasteiger partial charge in [-0.15, -0.1) is 0 Å². The van der Waals surface area contributed by atoms with Crippen molar-refractivity contribution in [3.63, 3.8) is 0 Å². The molecular weight excluding hydrogens is 306 g/mol. The van der Waals surface area contributed by atoms with E-state index in [1.54, 1.807) is 0 Å². The quantitative estimate of drug-likeness (QED) is 0.504. The van der Waals surface area contributed by atoms with Gasteiger partial charge in [0.15, 0.2) is 0 Å². The van der Waals surface area contributed by atoms with E-state index in [1.165, 1.54) is 31.2 Å². The van der Waals surface area contributed by atoms with E-state index in [-0.39, 0.29) is 16.4 Å². The van der Waals surface area contributed by atoms with E-state index in [9.17, 15) is 33.8 Å². The highest BCUT2D eigenvalue weighted by atomic mass is 31.2. The van der Waals surface area contributed by atoms with Crippen molar-refractivity contribution in [2.75, 3.05) is 0 Å². The Balaban J connectivity index is 2.81. The van der Waals surface area contributed by atoms with Crippen molar-refractivity contribution in [2.24, 2.45) is 0 Å². The van der Waals surface area contributed by atoms with Gasteiger partial charge in [-0.2, -0.15) is 0 Å². The zero-order valence-corrected chi connectivity index (χ0v) is 12.2. The highest BCUT2D eigenvalue weighted by Gasteiger charge is 2.54. The van der Waals surface area contributed by atoms with Crippen molar-refractivity contribution in [1.82, 2.24) is 0 Å². The Bertz CT molecular complexity index is 669. The van der Waals surface area contributed by atoms with Crippen molar-refractivity contribution in [2.45, 2.75) is 18.2 Å². The van der Waals surface area contributed by atoms with Gasteiger partial charge in [0, 0.05) is 0 Å². The standard InChI is InChI=1S/C11H14O7P2/c1-7(12)11(20(16,17)18)6-5-8-9(11)3-2-4-10(8)19(13,14)15/h2-7,12H,1H3,(H2,13,14,15)(H2,16,17,18). The Morgan fingerprint density at radius 1 is 1.15 bits per heavy atom. The molecule has 0 aromatic heterocycles. The van der Waals surface area contributed by atoms with E-state index < -0.39 is 26.5 Å². The molecule has 0 amide bonds. The molecule has 0 spiro atoms. The largest absolute Gasteiger partial charge is 0.391 e. The lowest BCUT2D eigenvalue weighted by Crippen LogP contribution is -2.35. The fourth-order valence-corrected chi connectivity index (χ4v) is 4.55. The molecule has 9 heteroatoms. The second-order valence-electron chi connectivity index (χ2n) is 4.66. The van der Waals surface area contributed by atoms with Crippen molar-refractivity contribution in [3.05, 3.63) is 35.4 Å². The van der Waals surface area contributed by atoms with Crippen LogP contribution < -0.4 is 5.30 Å². The summed E-state index contributed by atoms with van der Waals surface area (Å²) in [7, 11) is -9.38. The van der Waals surface area contributed by atoms with Crippen LogP contribution in [0.25, 0.3) is 6.08 Å². The second kappa shape index (κ2) is 4.61. The summed E-state index contributed by atoms with van der Waals surface area (Å²) in [5, 5.41) is 7.55. The fourth-order valence-electron chi connectivity index (χ4n) is 2.49. The maximum atomic E-state index is 11.8. The summed E-state index contributed by atoms with van der Waals surface area (Å²) >= 11 is 0. The number of benzene rings is 1. The van der Waals surface area contributed by atoms with Crippen LogP contribution >= 0.6 is 15.2 Å².